The highest BCUT2D eigenvalue weighted by atomic mass is 16.3. The molecule has 0 bridgehead atoms. The van der Waals surface area contributed by atoms with Crippen LogP contribution in [0.1, 0.15) is 29.0 Å². The molecule has 0 aliphatic carbocycles. The van der Waals surface area contributed by atoms with E-state index in [0.717, 1.165) is 23.0 Å². The van der Waals surface area contributed by atoms with E-state index in [0.29, 0.717) is 6.42 Å². The molecule has 1 atom stereocenters. The molecule has 0 aromatic heterocycles. The van der Waals surface area contributed by atoms with Crippen LogP contribution in [-0.2, 0) is 4.79 Å². The lowest BCUT2D eigenvalue weighted by Crippen LogP contribution is -2.02. The molecular weight excluding hydrogens is 224 g/mol. The van der Waals surface area contributed by atoms with Crippen molar-refractivity contribution in [3.63, 3.8) is 0 Å². The van der Waals surface area contributed by atoms with Gasteiger partial charge >= 0.3 is 0 Å². The number of carbonyl (C=O) groups is 1. The molecule has 18 heavy (non-hydrogen) atoms. The van der Waals surface area contributed by atoms with Crippen LogP contribution in [0.3, 0.4) is 0 Å². The highest BCUT2D eigenvalue weighted by Crippen LogP contribution is 2.33. The van der Waals surface area contributed by atoms with Crippen molar-refractivity contribution in [2.24, 2.45) is 0 Å². The van der Waals surface area contributed by atoms with Gasteiger partial charge in [0.15, 0.2) is 0 Å². The number of benzene rings is 2. The van der Waals surface area contributed by atoms with E-state index in [-0.39, 0.29) is 11.7 Å². The summed E-state index contributed by atoms with van der Waals surface area (Å²) in [5.74, 6) is 0.167. The van der Waals surface area contributed by atoms with E-state index in [4.69, 9.17) is 0 Å². The Hall–Kier alpha value is -2.09. The summed E-state index contributed by atoms with van der Waals surface area (Å²) in [4.78, 5) is 10.9. The minimum Gasteiger partial charge on any atom is -0.508 e. The van der Waals surface area contributed by atoms with Gasteiger partial charge in [0.2, 0.25) is 0 Å². The number of aromatic hydroxyl groups is 1. The van der Waals surface area contributed by atoms with Gasteiger partial charge in [-0.2, -0.15) is 0 Å². The zero-order chi connectivity index (χ0) is 13.0. The van der Waals surface area contributed by atoms with Gasteiger partial charge in [0.25, 0.3) is 0 Å². The summed E-state index contributed by atoms with van der Waals surface area (Å²) in [6, 6.07) is 15.3. The average molecular weight is 240 g/mol. The minimum absolute atomic E-state index is 0.0800. The molecule has 2 nitrogen and oxygen atoms in total. The molecule has 0 amide bonds. The molecule has 0 radical (unpaired) electrons. The van der Waals surface area contributed by atoms with Gasteiger partial charge < -0.3 is 9.90 Å². The number of hydrogen-bond acceptors (Lipinski definition) is 2. The molecule has 2 rings (SSSR count). The molecule has 1 unspecified atom stereocenters. The van der Waals surface area contributed by atoms with Gasteiger partial charge in [-0.05, 0) is 18.6 Å². The summed E-state index contributed by atoms with van der Waals surface area (Å²) < 4.78 is 0. The first kappa shape index (κ1) is 12.4. The summed E-state index contributed by atoms with van der Waals surface area (Å²) in [5.41, 5.74) is 2.94. The highest BCUT2D eigenvalue weighted by Gasteiger charge is 2.17. The molecule has 92 valence electrons. The standard InChI is InChI=1S/C16H16O2/c1-12-7-8-16(18)15(11-12)14(9-10-17)13-5-3-2-4-6-13/h2-8,10-11,14,18H,9H2,1H3. The topological polar surface area (TPSA) is 37.3 Å². The molecule has 0 spiro atoms. The largest absolute Gasteiger partial charge is 0.508 e. The fourth-order valence-corrected chi connectivity index (χ4v) is 2.18. The Labute approximate surface area is 107 Å². The Morgan fingerprint density at radius 1 is 1.17 bits per heavy atom. The summed E-state index contributed by atoms with van der Waals surface area (Å²) >= 11 is 0. The van der Waals surface area contributed by atoms with Gasteiger partial charge in [-0.1, -0.05) is 48.0 Å². The van der Waals surface area contributed by atoms with Crippen molar-refractivity contribution in [3.05, 3.63) is 65.2 Å². The van der Waals surface area contributed by atoms with Gasteiger partial charge in [-0.15, -0.1) is 0 Å². The molecule has 0 heterocycles. The van der Waals surface area contributed by atoms with Gasteiger partial charge in [-0.3, -0.25) is 0 Å². The van der Waals surface area contributed by atoms with Crippen LogP contribution in [0.4, 0.5) is 0 Å². The van der Waals surface area contributed by atoms with Gasteiger partial charge in [0, 0.05) is 17.9 Å². The fourth-order valence-electron chi connectivity index (χ4n) is 2.18. The summed E-state index contributed by atoms with van der Waals surface area (Å²) in [7, 11) is 0. The van der Waals surface area contributed by atoms with Crippen molar-refractivity contribution in [1.82, 2.24) is 0 Å². The predicted octanol–water partition coefficient (Wildman–Crippen LogP) is 3.42. The Balaban J connectivity index is 2.47. The Morgan fingerprint density at radius 3 is 2.56 bits per heavy atom. The first-order chi connectivity index (χ1) is 8.72. The predicted molar refractivity (Wildman–Crippen MR) is 71.8 cm³/mol. The first-order valence-electron chi connectivity index (χ1n) is 6.00. The Morgan fingerprint density at radius 2 is 1.89 bits per heavy atom. The molecule has 2 aromatic carbocycles. The third kappa shape index (κ3) is 2.59. The van der Waals surface area contributed by atoms with Crippen LogP contribution in [-0.4, -0.2) is 11.4 Å². The third-order valence-electron chi connectivity index (χ3n) is 3.09. The molecule has 0 aliphatic rings. The molecule has 2 aromatic rings. The molecule has 2 heteroatoms. The van der Waals surface area contributed by atoms with Crippen LogP contribution in [0.2, 0.25) is 0 Å². The van der Waals surface area contributed by atoms with E-state index in [1.54, 1.807) is 6.07 Å². The van der Waals surface area contributed by atoms with Crippen molar-refractivity contribution in [3.8, 4) is 5.75 Å². The van der Waals surface area contributed by atoms with Crippen molar-refractivity contribution in [2.45, 2.75) is 19.3 Å². The molecule has 0 aliphatic heterocycles. The lowest BCUT2D eigenvalue weighted by atomic mass is 9.87. The van der Waals surface area contributed by atoms with Crippen LogP contribution in [0.25, 0.3) is 0 Å². The Kier molecular flexibility index (Phi) is 3.78. The number of phenolic OH excluding ortho intramolecular Hbond substituents is 1. The van der Waals surface area contributed by atoms with E-state index in [1.165, 1.54) is 0 Å². The normalized spacial score (nSPS) is 12.1. The zero-order valence-corrected chi connectivity index (χ0v) is 10.3. The highest BCUT2D eigenvalue weighted by molar-refractivity contribution is 5.56. The molecule has 0 fully saturated rings. The smallest absolute Gasteiger partial charge is 0.120 e. The monoisotopic (exact) mass is 240 g/mol. The van der Waals surface area contributed by atoms with Crippen LogP contribution in [0.5, 0.6) is 5.75 Å². The number of phenols is 1. The van der Waals surface area contributed by atoms with Gasteiger partial charge in [0.1, 0.15) is 12.0 Å². The quantitative estimate of drug-likeness (QED) is 0.831. The van der Waals surface area contributed by atoms with Crippen molar-refractivity contribution < 1.29 is 9.90 Å². The van der Waals surface area contributed by atoms with Gasteiger partial charge in [0.05, 0.1) is 0 Å². The Bertz CT molecular complexity index is 532. The molecule has 0 saturated heterocycles. The lowest BCUT2D eigenvalue weighted by Gasteiger charge is -2.17. The summed E-state index contributed by atoms with van der Waals surface area (Å²) in [6.07, 6.45) is 1.28. The second kappa shape index (κ2) is 5.50. The fraction of sp³-hybridized carbons (Fsp3) is 0.188. The van der Waals surface area contributed by atoms with Crippen LogP contribution < -0.4 is 0 Å². The average Bonchev–Trinajstić information content (AvgIpc) is 2.40. The SMILES string of the molecule is Cc1ccc(O)c(C(CC=O)c2ccccc2)c1. The maximum absolute atomic E-state index is 10.9. The third-order valence-corrected chi connectivity index (χ3v) is 3.09. The number of carbonyl (C=O) groups excluding carboxylic acids is 1. The van der Waals surface area contributed by atoms with Crippen molar-refractivity contribution in [1.29, 1.82) is 0 Å². The van der Waals surface area contributed by atoms with Gasteiger partial charge in [-0.25, -0.2) is 0 Å². The first-order valence-corrected chi connectivity index (χ1v) is 6.00. The lowest BCUT2D eigenvalue weighted by molar-refractivity contribution is -0.108. The summed E-state index contributed by atoms with van der Waals surface area (Å²) in [5, 5.41) is 9.98. The number of hydrogen-bond donors (Lipinski definition) is 1. The number of rotatable bonds is 4. The molecular formula is C16H16O2. The second-order valence-electron chi connectivity index (χ2n) is 4.43. The van der Waals surface area contributed by atoms with Crippen molar-refractivity contribution >= 4 is 6.29 Å². The number of aldehydes is 1. The van der Waals surface area contributed by atoms with Crippen LogP contribution in [0, 0.1) is 6.92 Å². The van der Waals surface area contributed by atoms with Crippen LogP contribution >= 0.6 is 0 Å². The van der Waals surface area contributed by atoms with E-state index in [2.05, 4.69) is 0 Å². The molecule has 0 saturated carbocycles. The zero-order valence-electron chi connectivity index (χ0n) is 10.3. The van der Waals surface area contributed by atoms with E-state index >= 15 is 0 Å². The van der Waals surface area contributed by atoms with E-state index in [9.17, 15) is 9.90 Å². The number of aryl methyl sites for hydroxylation is 1. The second-order valence-corrected chi connectivity index (χ2v) is 4.43. The minimum atomic E-state index is -0.0800. The van der Waals surface area contributed by atoms with E-state index in [1.807, 2.05) is 49.4 Å². The molecule has 1 N–H and O–H groups in total. The summed E-state index contributed by atoms with van der Waals surface area (Å²) in [6.45, 7) is 1.98. The maximum atomic E-state index is 10.9. The van der Waals surface area contributed by atoms with Crippen molar-refractivity contribution in [2.75, 3.05) is 0 Å². The maximum Gasteiger partial charge on any atom is 0.120 e. The van der Waals surface area contributed by atoms with Crippen LogP contribution in [0.15, 0.2) is 48.5 Å². The van der Waals surface area contributed by atoms with E-state index < -0.39 is 0 Å².